The third kappa shape index (κ3) is 2.56. The maximum atomic E-state index is 4.50. The summed E-state index contributed by atoms with van der Waals surface area (Å²) in [6, 6.07) is 16.0. The fourth-order valence-corrected chi connectivity index (χ4v) is 3.55. The maximum Gasteiger partial charge on any atom is 0.124 e. The number of hydrogen-bond acceptors (Lipinski definition) is 4. The summed E-state index contributed by atoms with van der Waals surface area (Å²) in [6.45, 7) is 0. The van der Waals surface area contributed by atoms with Gasteiger partial charge in [0.2, 0.25) is 0 Å². The van der Waals surface area contributed by atoms with Crippen molar-refractivity contribution in [2.24, 2.45) is 0 Å². The van der Waals surface area contributed by atoms with Gasteiger partial charge in [0.05, 0.1) is 4.88 Å². The Bertz CT molecular complexity index is 659. The highest BCUT2D eigenvalue weighted by Gasteiger charge is 2.10. The Kier molecular flexibility index (Phi) is 3.64. The molecule has 2 aromatic carbocycles. The molecule has 0 N–H and O–H groups in total. The second kappa shape index (κ2) is 5.41. The highest BCUT2D eigenvalue weighted by Crippen LogP contribution is 2.36. The number of aromatic nitrogens is 1. The van der Waals surface area contributed by atoms with Crippen LogP contribution in [0, 0.1) is 0 Å². The van der Waals surface area contributed by atoms with E-state index in [1.807, 2.05) is 48.7 Å². The highest BCUT2D eigenvalue weighted by molar-refractivity contribution is 7.80. The van der Waals surface area contributed by atoms with Gasteiger partial charge < -0.3 is 0 Å². The van der Waals surface area contributed by atoms with Crippen LogP contribution < -0.4 is 0 Å². The average Bonchev–Trinajstić information content (AvgIpc) is 2.89. The molecule has 0 radical (unpaired) electrons. The summed E-state index contributed by atoms with van der Waals surface area (Å²) < 4.78 is 0. The lowest BCUT2D eigenvalue weighted by atomic mass is 10.2. The summed E-state index contributed by atoms with van der Waals surface area (Å²) in [5.41, 5.74) is 2.19. The van der Waals surface area contributed by atoms with Gasteiger partial charge in [-0.3, -0.25) is 0 Å². The van der Waals surface area contributed by atoms with Crippen molar-refractivity contribution in [3.05, 3.63) is 54.7 Å². The lowest BCUT2D eigenvalue weighted by Gasteiger charge is -2.01. The zero-order chi connectivity index (χ0) is 13.2. The quantitative estimate of drug-likeness (QED) is 0.631. The predicted octanol–water partition coefficient (Wildman–Crippen LogP) is 5.05. The third-order valence-electron chi connectivity index (χ3n) is 2.81. The van der Waals surface area contributed by atoms with E-state index in [4.69, 9.17) is 0 Å². The van der Waals surface area contributed by atoms with Crippen LogP contribution in [0.25, 0.3) is 21.0 Å². The van der Waals surface area contributed by atoms with E-state index in [9.17, 15) is 0 Å². The fourth-order valence-electron chi connectivity index (χ4n) is 1.86. The Balaban J connectivity index is 2.06. The molecule has 0 aliphatic heterocycles. The molecule has 0 aliphatic carbocycles. The van der Waals surface area contributed by atoms with Gasteiger partial charge in [0.15, 0.2) is 0 Å². The molecule has 0 atom stereocenters. The molecule has 0 saturated heterocycles. The molecule has 1 aromatic heterocycles. The van der Waals surface area contributed by atoms with Crippen molar-refractivity contribution in [3.8, 4) is 21.0 Å². The van der Waals surface area contributed by atoms with Gasteiger partial charge in [-0.2, -0.15) is 0 Å². The summed E-state index contributed by atoms with van der Waals surface area (Å²) in [4.78, 5) is 7.54. The van der Waals surface area contributed by atoms with E-state index in [0.717, 1.165) is 30.8 Å². The van der Waals surface area contributed by atoms with E-state index in [1.165, 1.54) is 0 Å². The number of nitrogens with zero attached hydrogens (tertiary/aromatic N) is 1. The van der Waals surface area contributed by atoms with E-state index in [1.54, 1.807) is 11.3 Å². The molecular weight excluding hydrogens is 290 g/mol. The molecular formula is C15H11NS3. The summed E-state index contributed by atoms with van der Waals surface area (Å²) in [5, 5.41) is 0.984. The summed E-state index contributed by atoms with van der Waals surface area (Å²) in [6.07, 6.45) is 1.90. The van der Waals surface area contributed by atoms with Gasteiger partial charge in [0.25, 0.3) is 0 Å². The maximum absolute atomic E-state index is 4.50. The first-order valence-corrected chi connectivity index (χ1v) is 7.49. The van der Waals surface area contributed by atoms with Crippen molar-refractivity contribution in [1.82, 2.24) is 4.98 Å². The number of hydrogen-bond donors (Lipinski definition) is 2. The first-order chi connectivity index (χ1) is 9.25. The van der Waals surface area contributed by atoms with Crippen molar-refractivity contribution in [1.29, 1.82) is 0 Å². The van der Waals surface area contributed by atoms with Crippen LogP contribution in [0.15, 0.2) is 64.5 Å². The Morgan fingerprint density at radius 2 is 1.37 bits per heavy atom. The van der Waals surface area contributed by atoms with Crippen LogP contribution in [0.3, 0.4) is 0 Å². The van der Waals surface area contributed by atoms with Crippen molar-refractivity contribution in [2.45, 2.75) is 9.79 Å². The normalized spacial score (nSPS) is 10.6. The SMILES string of the molecule is Sc1ccccc1-c1cnc(-c2ccccc2S)s1. The molecule has 3 rings (SSSR count). The molecule has 0 amide bonds. The molecule has 94 valence electrons. The topological polar surface area (TPSA) is 12.9 Å². The van der Waals surface area contributed by atoms with E-state index < -0.39 is 0 Å². The third-order valence-corrected chi connectivity index (χ3v) is 4.65. The molecule has 0 aliphatic rings. The van der Waals surface area contributed by atoms with Gasteiger partial charge in [0, 0.05) is 27.1 Å². The molecule has 0 bridgehead atoms. The van der Waals surface area contributed by atoms with Crippen LogP contribution >= 0.6 is 36.6 Å². The van der Waals surface area contributed by atoms with Crippen molar-refractivity contribution < 1.29 is 0 Å². The van der Waals surface area contributed by atoms with Gasteiger partial charge in [-0.05, 0) is 12.1 Å². The molecule has 19 heavy (non-hydrogen) atoms. The number of thiol groups is 2. The fraction of sp³-hybridized carbons (Fsp3) is 0. The standard InChI is InChI=1S/C15H11NS3/c17-12-7-3-1-5-10(12)14-9-16-15(19-14)11-6-2-4-8-13(11)18/h1-9,17-18H. The summed E-state index contributed by atoms with van der Waals surface area (Å²) in [7, 11) is 0. The Hall–Kier alpha value is -1.23. The van der Waals surface area contributed by atoms with Crippen LogP contribution in [0.5, 0.6) is 0 Å². The van der Waals surface area contributed by atoms with Gasteiger partial charge in [-0.1, -0.05) is 36.4 Å². The molecule has 1 nitrogen and oxygen atoms in total. The smallest absolute Gasteiger partial charge is 0.124 e. The first-order valence-electron chi connectivity index (χ1n) is 5.78. The van der Waals surface area contributed by atoms with Gasteiger partial charge in [-0.25, -0.2) is 4.98 Å². The van der Waals surface area contributed by atoms with Crippen molar-refractivity contribution in [3.63, 3.8) is 0 Å². The van der Waals surface area contributed by atoms with Crippen molar-refractivity contribution in [2.75, 3.05) is 0 Å². The second-order valence-corrected chi connectivity index (χ2v) is 6.06. The number of benzene rings is 2. The minimum Gasteiger partial charge on any atom is -0.244 e. The average molecular weight is 301 g/mol. The summed E-state index contributed by atoms with van der Waals surface area (Å²) in [5.74, 6) is 0. The Labute approximate surface area is 127 Å². The summed E-state index contributed by atoms with van der Waals surface area (Å²) >= 11 is 10.6. The van der Waals surface area contributed by atoms with E-state index >= 15 is 0 Å². The van der Waals surface area contributed by atoms with Crippen LogP contribution in [0.2, 0.25) is 0 Å². The molecule has 0 spiro atoms. The first kappa shape index (κ1) is 12.8. The Morgan fingerprint density at radius 1 is 0.789 bits per heavy atom. The minimum atomic E-state index is 0.947. The zero-order valence-electron chi connectivity index (χ0n) is 9.95. The van der Waals surface area contributed by atoms with Gasteiger partial charge in [-0.15, -0.1) is 36.6 Å². The Morgan fingerprint density at radius 3 is 2.00 bits per heavy atom. The number of thiazole rings is 1. The molecule has 3 aromatic rings. The molecule has 4 heteroatoms. The van der Waals surface area contributed by atoms with Crippen LogP contribution in [0.4, 0.5) is 0 Å². The van der Waals surface area contributed by atoms with E-state index in [2.05, 4.69) is 36.3 Å². The molecule has 1 heterocycles. The largest absolute Gasteiger partial charge is 0.244 e. The zero-order valence-corrected chi connectivity index (χ0v) is 12.6. The van der Waals surface area contributed by atoms with Crippen LogP contribution in [-0.4, -0.2) is 4.98 Å². The monoisotopic (exact) mass is 301 g/mol. The highest BCUT2D eigenvalue weighted by atomic mass is 32.1. The van der Waals surface area contributed by atoms with Crippen LogP contribution in [-0.2, 0) is 0 Å². The van der Waals surface area contributed by atoms with Crippen LogP contribution in [0.1, 0.15) is 0 Å². The molecule has 0 unspecified atom stereocenters. The molecule has 0 saturated carbocycles. The lowest BCUT2D eigenvalue weighted by Crippen LogP contribution is -1.76. The second-order valence-electron chi connectivity index (χ2n) is 4.06. The predicted molar refractivity (Wildman–Crippen MR) is 87.5 cm³/mol. The van der Waals surface area contributed by atoms with Crippen molar-refractivity contribution >= 4 is 36.6 Å². The van der Waals surface area contributed by atoms with Gasteiger partial charge >= 0.3 is 0 Å². The minimum absolute atomic E-state index is 0.947. The lowest BCUT2D eigenvalue weighted by molar-refractivity contribution is 1.36. The van der Waals surface area contributed by atoms with E-state index in [0.29, 0.717) is 0 Å². The molecule has 0 fully saturated rings. The van der Waals surface area contributed by atoms with Gasteiger partial charge in [0.1, 0.15) is 5.01 Å². The number of rotatable bonds is 2. The van der Waals surface area contributed by atoms with E-state index in [-0.39, 0.29) is 0 Å².